The number of hydrazine groups is 1. The molecule has 1 fully saturated rings. The van der Waals surface area contributed by atoms with Gasteiger partial charge in [-0.25, -0.2) is 0 Å². The fraction of sp³-hybridized carbons (Fsp3) is 0.308. The van der Waals surface area contributed by atoms with Crippen LogP contribution in [-0.4, -0.2) is 26.1 Å². The van der Waals surface area contributed by atoms with E-state index < -0.39 is 0 Å². The molecule has 1 aliphatic heterocycles. The topological polar surface area (TPSA) is 65.2 Å². The Morgan fingerprint density at radius 2 is 2.35 bits per heavy atom. The number of nitrogens with zero attached hydrogens (tertiary/aromatic N) is 1. The zero-order valence-electron chi connectivity index (χ0n) is 11.2. The zero-order chi connectivity index (χ0) is 14.7. The van der Waals surface area contributed by atoms with Crippen molar-refractivity contribution < 1.29 is 9.59 Å². The lowest BCUT2D eigenvalue weighted by molar-refractivity contribution is -0.133. The van der Waals surface area contributed by atoms with Gasteiger partial charge >= 0.3 is 0 Å². The number of amides is 2. The first-order valence-corrected chi connectivity index (χ1v) is 7.40. The van der Waals surface area contributed by atoms with Crippen LogP contribution in [-0.2, 0) is 9.59 Å². The second kappa shape index (κ2) is 6.23. The Morgan fingerprint density at radius 3 is 2.95 bits per heavy atom. The summed E-state index contributed by atoms with van der Waals surface area (Å²) in [6.07, 6.45) is 3.84. The number of hydrogen-bond acceptors (Lipinski definition) is 4. The number of aromatic amines is 1. The van der Waals surface area contributed by atoms with Crippen LogP contribution in [0.15, 0.2) is 23.2 Å². The van der Waals surface area contributed by atoms with Crippen LogP contribution >= 0.6 is 24.0 Å². The molecule has 0 saturated carbocycles. The maximum atomic E-state index is 12.2. The molecule has 2 N–H and O–H groups in total. The van der Waals surface area contributed by atoms with Crippen LogP contribution in [0.3, 0.4) is 0 Å². The SMILES string of the molecule is CC(C)CC(=O)NN1C(=O)/C(=C/c2ccc[nH]2)SC1=S. The van der Waals surface area contributed by atoms with Gasteiger partial charge in [-0.05, 0) is 36.3 Å². The molecule has 1 aromatic heterocycles. The Hall–Kier alpha value is -1.60. The summed E-state index contributed by atoms with van der Waals surface area (Å²) in [6.45, 7) is 3.88. The van der Waals surface area contributed by atoms with Crippen molar-refractivity contribution in [2.45, 2.75) is 20.3 Å². The molecule has 2 heterocycles. The maximum absolute atomic E-state index is 12.2. The third kappa shape index (κ3) is 3.49. The van der Waals surface area contributed by atoms with Gasteiger partial charge in [0.05, 0.1) is 4.91 Å². The van der Waals surface area contributed by atoms with Crippen molar-refractivity contribution in [1.82, 2.24) is 15.4 Å². The molecule has 106 valence electrons. The van der Waals surface area contributed by atoms with Gasteiger partial charge in [0.1, 0.15) is 0 Å². The molecule has 5 nitrogen and oxygen atoms in total. The van der Waals surface area contributed by atoms with E-state index in [4.69, 9.17) is 12.2 Å². The average Bonchev–Trinajstić information content (AvgIpc) is 2.93. The van der Waals surface area contributed by atoms with E-state index in [2.05, 4.69) is 10.4 Å². The predicted molar refractivity (Wildman–Crippen MR) is 83.4 cm³/mol. The van der Waals surface area contributed by atoms with E-state index in [1.54, 1.807) is 12.3 Å². The van der Waals surface area contributed by atoms with Gasteiger partial charge < -0.3 is 4.98 Å². The summed E-state index contributed by atoms with van der Waals surface area (Å²) in [4.78, 5) is 27.4. The van der Waals surface area contributed by atoms with Crippen molar-refractivity contribution in [1.29, 1.82) is 0 Å². The first-order valence-electron chi connectivity index (χ1n) is 6.18. The second-order valence-corrected chi connectivity index (χ2v) is 6.45. The summed E-state index contributed by atoms with van der Waals surface area (Å²) in [5.74, 6) is -0.285. The number of hydrogen-bond donors (Lipinski definition) is 2. The Balaban J connectivity index is 2.07. The average molecular weight is 309 g/mol. The molecule has 1 aromatic rings. The number of H-pyrrole nitrogens is 1. The molecule has 0 aliphatic carbocycles. The number of nitrogens with one attached hydrogen (secondary N) is 2. The van der Waals surface area contributed by atoms with E-state index in [0.29, 0.717) is 15.6 Å². The molecule has 0 aromatic carbocycles. The standard InChI is InChI=1S/C13H15N3O2S2/c1-8(2)6-11(17)15-16-12(18)10(20-13(16)19)7-9-4-3-5-14-9/h3-5,7-8,14H,6H2,1-2H3,(H,15,17)/b10-7-. The van der Waals surface area contributed by atoms with Crippen molar-refractivity contribution in [2.75, 3.05) is 0 Å². The van der Waals surface area contributed by atoms with Crippen molar-refractivity contribution in [3.63, 3.8) is 0 Å². The van der Waals surface area contributed by atoms with Crippen LogP contribution in [0.1, 0.15) is 26.0 Å². The first-order chi connectivity index (χ1) is 9.47. The van der Waals surface area contributed by atoms with Crippen LogP contribution in [0.2, 0.25) is 0 Å². The van der Waals surface area contributed by atoms with Gasteiger partial charge in [0.2, 0.25) is 5.91 Å². The molecule has 0 unspecified atom stereocenters. The highest BCUT2D eigenvalue weighted by atomic mass is 32.2. The van der Waals surface area contributed by atoms with Gasteiger partial charge in [0, 0.05) is 18.3 Å². The van der Waals surface area contributed by atoms with Gasteiger partial charge in [0.15, 0.2) is 4.32 Å². The highest BCUT2D eigenvalue weighted by Crippen LogP contribution is 2.31. The lowest BCUT2D eigenvalue weighted by atomic mass is 10.1. The lowest BCUT2D eigenvalue weighted by Gasteiger charge is -2.16. The Bertz CT molecular complexity index is 564. The van der Waals surface area contributed by atoms with Crippen molar-refractivity contribution in [3.05, 3.63) is 28.9 Å². The third-order valence-corrected chi connectivity index (χ3v) is 3.83. The molecule has 20 heavy (non-hydrogen) atoms. The molecular formula is C13H15N3O2S2. The molecule has 2 amide bonds. The second-order valence-electron chi connectivity index (χ2n) is 4.78. The van der Waals surface area contributed by atoms with Crippen LogP contribution in [0, 0.1) is 5.92 Å². The summed E-state index contributed by atoms with van der Waals surface area (Å²) in [7, 11) is 0. The van der Waals surface area contributed by atoms with E-state index >= 15 is 0 Å². The van der Waals surface area contributed by atoms with Crippen LogP contribution in [0.5, 0.6) is 0 Å². The molecule has 0 spiro atoms. The number of rotatable bonds is 4. The fourth-order valence-corrected chi connectivity index (χ4v) is 2.85. The molecular weight excluding hydrogens is 294 g/mol. The normalized spacial score (nSPS) is 17.4. The van der Waals surface area contributed by atoms with Crippen LogP contribution in [0.25, 0.3) is 6.08 Å². The summed E-state index contributed by atoms with van der Waals surface area (Å²) in [6, 6.07) is 3.70. The highest BCUT2D eigenvalue weighted by molar-refractivity contribution is 8.26. The zero-order valence-corrected chi connectivity index (χ0v) is 12.8. The van der Waals surface area contributed by atoms with E-state index in [0.717, 1.165) is 10.7 Å². The van der Waals surface area contributed by atoms with Crippen molar-refractivity contribution in [2.24, 2.45) is 5.92 Å². The molecule has 0 bridgehead atoms. The summed E-state index contributed by atoms with van der Waals surface area (Å²) in [5, 5.41) is 1.14. The van der Waals surface area contributed by atoms with E-state index in [1.165, 1.54) is 11.8 Å². The first kappa shape index (κ1) is 14.8. The Labute approximate surface area is 126 Å². The number of thiocarbonyl (C=S) groups is 1. The number of carbonyl (C=O) groups is 2. The predicted octanol–water partition coefficient (Wildman–Crippen LogP) is 2.29. The molecule has 0 radical (unpaired) electrons. The Morgan fingerprint density at radius 1 is 1.60 bits per heavy atom. The minimum Gasteiger partial charge on any atom is -0.362 e. The monoisotopic (exact) mass is 309 g/mol. The summed E-state index contributed by atoms with van der Waals surface area (Å²) in [5.41, 5.74) is 3.37. The molecule has 7 heteroatoms. The summed E-state index contributed by atoms with van der Waals surface area (Å²) >= 11 is 6.30. The maximum Gasteiger partial charge on any atom is 0.285 e. The molecule has 1 aliphatic rings. The highest BCUT2D eigenvalue weighted by Gasteiger charge is 2.33. The van der Waals surface area contributed by atoms with Crippen molar-refractivity contribution in [3.8, 4) is 0 Å². The number of carbonyl (C=O) groups excluding carboxylic acids is 2. The van der Waals surface area contributed by atoms with E-state index in [1.807, 2.05) is 26.0 Å². The molecule has 0 atom stereocenters. The van der Waals surface area contributed by atoms with Gasteiger partial charge in [0.25, 0.3) is 5.91 Å². The number of aromatic nitrogens is 1. The number of thioether (sulfide) groups is 1. The van der Waals surface area contributed by atoms with Crippen molar-refractivity contribution >= 4 is 46.2 Å². The Kier molecular flexibility index (Phi) is 4.61. The van der Waals surface area contributed by atoms with Crippen LogP contribution < -0.4 is 5.43 Å². The minimum atomic E-state index is -0.299. The molecule has 2 rings (SSSR count). The van der Waals surface area contributed by atoms with Gasteiger partial charge in [-0.2, -0.15) is 5.01 Å². The minimum absolute atomic E-state index is 0.211. The van der Waals surface area contributed by atoms with E-state index in [9.17, 15) is 9.59 Å². The lowest BCUT2D eigenvalue weighted by Crippen LogP contribution is -2.45. The van der Waals surface area contributed by atoms with Gasteiger partial charge in [-0.3, -0.25) is 15.0 Å². The smallest absolute Gasteiger partial charge is 0.285 e. The van der Waals surface area contributed by atoms with Gasteiger partial charge in [-0.15, -0.1) is 0 Å². The van der Waals surface area contributed by atoms with Crippen LogP contribution in [0.4, 0.5) is 0 Å². The fourth-order valence-electron chi connectivity index (χ4n) is 1.68. The quantitative estimate of drug-likeness (QED) is 0.661. The van der Waals surface area contributed by atoms with E-state index in [-0.39, 0.29) is 17.7 Å². The third-order valence-electron chi connectivity index (χ3n) is 2.53. The van der Waals surface area contributed by atoms with Gasteiger partial charge in [-0.1, -0.05) is 25.6 Å². The summed E-state index contributed by atoms with van der Waals surface area (Å²) < 4.78 is 0.338. The largest absolute Gasteiger partial charge is 0.362 e. The molecule has 1 saturated heterocycles.